The first-order valence-electron chi connectivity index (χ1n) is 6.83. The lowest BCUT2D eigenvalue weighted by molar-refractivity contribution is -0.897. The standard InChI is InChI=1S/C14H17Cl2N3O2/c15-11-2-1-10(7-12(11)16)18-13(20)8-19-5-3-9(4-6-19)14(17)21/h1-2,7,9H,3-6,8H2,(H2,17,21)(H,18,20)/p+1. The summed E-state index contributed by atoms with van der Waals surface area (Å²) in [6.07, 6.45) is 1.48. The molecule has 0 radical (unpaired) electrons. The summed E-state index contributed by atoms with van der Waals surface area (Å²) in [5, 5.41) is 3.66. The highest BCUT2D eigenvalue weighted by molar-refractivity contribution is 6.42. The zero-order valence-electron chi connectivity index (χ0n) is 11.5. The van der Waals surface area contributed by atoms with Gasteiger partial charge in [-0.3, -0.25) is 9.59 Å². The van der Waals surface area contributed by atoms with Crippen LogP contribution >= 0.6 is 23.2 Å². The molecule has 1 fully saturated rings. The molecule has 21 heavy (non-hydrogen) atoms. The molecule has 0 bridgehead atoms. The van der Waals surface area contributed by atoms with E-state index in [-0.39, 0.29) is 17.7 Å². The molecule has 2 amide bonds. The fraction of sp³-hybridized carbons (Fsp3) is 0.429. The molecule has 1 saturated heterocycles. The van der Waals surface area contributed by atoms with Crippen molar-refractivity contribution < 1.29 is 14.5 Å². The number of carbonyl (C=O) groups excluding carboxylic acids is 2. The molecule has 0 unspecified atom stereocenters. The lowest BCUT2D eigenvalue weighted by Crippen LogP contribution is -3.14. The topological polar surface area (TPSA) is 76.6 Å². The molecule has 1 aromatic carbocycles. The largest absolute Gasteiger partial charge is 0.369 e. The van der Waals surface area contributed by atoms with E-state index in [1.165, 1.54) is 0 Å². The normalized spacial score (nSPS) is 21.8. The van der Waals surface area contributed by atoms with Crippen LogP contribution in [0.15, 0.2) is 18.2 Å². The van der Waals surface area contributed by atoms with Gasteiger partial charge in [-0.05, 0) is 18.2 Å². The average Bonchev–Trinajstić information content (AvgIpc) is 2.43. The van der Waals surface area contributed by atoms with Gasteiger partial charge in [0, 0.05) is 24.4 Å². The van der Waals surface area contributed by atoms with Gasteiger partial charge in [-0.15, -0.1) is 0 Å². The summed E-state index contributed by atoms with van der Waals surface area (Å²) in [5.74, 6) is -0.373. The van der Waals surface area contributed by atoms with Crippen molar-refractivity contribution in [1.29, 1.82) is 0 Å². The fourth-order valence-electron chi connectivity index (χ4n) is 2.49. The average molecular weight is 331 g/mol. The number of nitrogens with two attached hydrogens (primary N) is 1. The van der Waals surface area contributed by atoms with Crippen LogP contribution in [0.3, 0.4) is 0 Å². The van der Waals surface area contributed by atoms with E-state index >= 15 is 0 Å². The van der Waals surface area contributed by atoms with Crippen LogP contribution in [0, 0.1) is 5.92 Å². The third-order valence-corrected chi connectivity index (χ3v) is 4.45. The minimum Gasteiger partial charge on any atom is -0.369 e. The number of halogens is 2. The van der Waals surface area contributed by atoms with Gasteiger partial charge in [-0.2, -0.15) is 0 Å². The van der Waals surface area contributed by atoms with Gasteiger partial charge in [0.25, 0.3) is 5.91 Å². The van der Waals surface area contributed by atoms with Gasteiger partial charge >= 0.3 is 0 Å². The summed E-state index contributed by atoms with van der Waals surface area (Å²) in [7, 11) is 0. The molecule has 4 N–H and O–H groups in total. The van der Waals surface area contributed by atoms with E-state index < -0.39 is 0 Å². The summed E-state index contributed by atoms with van der Waals surface area (Å²) in [6.45, 7) is 1.93. The highest BCUT2D eigenvalue weighted by Gasteiger charge is 2.26. The van der Waals surface area contributed by atoms with Crippen LogP contribution in [0.2, 0.25) is 10.0 Å². The van der Waals surface area contributed by atoms with E-state index in [9.17, 15) is 9.59 Å². The molecule has 7 heteroatoms. The number of benzene rings is 1. The summed E-state index contributed by atoms with van der Waals surface area (Å²) in [5.41, 5.74) is 5.92. The molecule has 1 aliphatic rings. The van der Waals surface area contributed by atoms with Crippen molar-refractivity contribution in [2.24, 2.45) is 11.7 Å². The predicted molar refractivity (Wildman–Crippen MR) is 82.6 cm³/mol. The van der Waals surface area contributed by atoms with E-state index in [0.717, 1.165) is 30.8 Å². The molecule has 1 aliphatic heterocycles. The molecule has 1 aromatic rings. The molecule has 0 saturated carbocycles. The second-order valence-electron chi connectivity index (χ2n) is 5.28. The molecule has 0 spiro atoms. The van der Waals surface area contributed by atoms with Crippen molar-refractivity contribution in [1.82, 2.24) is 0 Å². The minimum absolute atomic E-state index is 0.0492. The lowest BCUT2D eigenvalue weighted by atomic mass is 9.96. The van der Waals surface area contributed by atoms with Gasteiger partial charge in [-0.1, -0.05) is 23.2 Å². The highest BCUT2D eigenvalue weighted by Crippen LogP contribution is 2.24. The Hall–Kier alpha value is -1.30. The van der Waals surface area contributed by atoms with Gasteiger partial charge in [0.05, 0.1) is 23.1 Å². The predicted octanol–water partition coefficient (Wildman–Crippen LogP) is 0.712. The van der Waals surface area contributed by atoms with E-state index in [4.69, 9.17) is 28.9 Å². The molecule has 114 valence electrons. The Morgan fingerprint density at radius 3 is 2.48 bits per heavy atom. The van der Waals surface area contributed by atoms with E-state index in [1.54, 1.807) is 18.2 Å². The van der Waals surface area contributed by atoms with Crippen LogP contribution in [0.5, 0.6) is 0 Å². The number of likely N-dealkylation sites (tertiary alicyclic amines) is 1. The Balaban J connectivity index is 1.82. The zero-order valence-corrected chi connectivity index (χ0v) is 13.0. The smallest absolute Gasteiger partial charge is 0.279 e. The summed E-state index contributed by atoms with van der Waals surface area (Å²) >= 11 is 11.7. The molecular formula is C14H18Cl2N3O2+. The van der Waals surface area contributed by atoms with Crippen LogP contribution < -0.4 is 16.0 Å². The maximum absolute atomic E-state index is 12.0. The zero-order chi connectivity index (χ0) is 15.4. The number of quaternary nitrogens is 1. The van der Waals surface area contributed by atoms with Gasteiger partial charge in [0.15, 0.2) is 6.54 Å². The molecule has 0 aromatic heterocycles. The van der Waals surface area contributed by atoms with Crippen LogP contribution in [-0.4, -0.2) is 31.4 Å². The van der Waals surface area contributed by atoms with Crippen molar-refractivity contribution in [3.63, 3.8) is 0 Å². The van der Waals surface area contributed by atoms with Gasteiger partial charge in [0.2, 0.25) is 5.91 Å². The van der Waals surface area contributed by atoms with Crippen molar-refractivity contribution in [2.75, 3.05) is 25.0 Å². The summed E-state index contributed by atoms with van der Waals surface area (Å²) in [4.78, 5) is 24.2. The number of rotatable bonds is 4. The van der Waals surface area contributed by atoms with Crippen LogP contribution in [0.1, 0.15) is 12.8 Å². The number of hydrogen-bond acceptors (Lipinski definition) is 2. The van der Waals surface area contributed by atoms with Gasteiger partial charge < -0.3 is 16.0 Å². The third kappa shape index (κ3) is 4.59. The highest BCUT2D eigenvalue weighted by atomic mass is 35.5. The number of anilines is 1. The first-order valence-corrected chi connectivity index (χ1v) is 7.59. The van der Waals surface area contributed by atoms with E-state index in [1.807, 2.05) is 0 Å². The quantitative estimate of drug-likeness (QED) is 0.760. The van der Waals surface area contributed by atoms with Gasteiger partial charge in [0.1, 0.15) is 0 Å². The van der Waals surface area contributed by atoms with Crippen molar-refractivity contribution in [2.45, 2.75) is 12.8 Å². The number of nitrogens with one attached hydrogen (secondary N) is 2. The number of primary amides is 1. The number of piperidine rings is 1. The third-order valence-electron chi connectivity index (χ3n) is 3.71. The van der Waals surface area contributed by atoms with E-state index in [0.29, 0.717) is 22.3 Å². The first-order chi connectivity index (χ1) is 9.95. The summed E-state index contributed by atoms with van der Waals surface area (Å²) in [6, 6.07) is 4.97. The molecule has 2 rings (SSSR count). The summed E-state index contributed by atoms with van der Waals surface area (Å²) < 4.78 is 0. The maximum Gasteiger partial charge on any atom is 0.279 e. The molecular weight excluding hydrogens is 313 g/mol. The van der Waals surface area contributed by atoms with Crippen molar-refractivity contribution in [3.05, 3.63) is 28.2 Å². The second-order valence-corrected chi connectivity index (χ2v) is 6.09. The van der Waals surface area contributed by atoms with E-state index in [2.05, 4.69) is 5.32 Å². The Kier molecular flexibility index (Phi) is 5.45. The Morgan fingerprint density at radius 1 is 1.24 bits per heavy atom. The molecule has 0 aliphatic carbocycles. The monoisotopic (exact) mass is 330 g/mol. The Labute approximate surface area is 133 Å². The Morgan fingerprint density at radius 2 is 1.90 bits per heavy atom. The maximum atomic E-state index is 12.0. The first kappa shape index (κ1) is 16.1. The molecule has 5 nitrogen and oxygen atoms in total. The van der Waals surface area contributed by atoms with Crippen LogP contribution in [-0.2, 0) is 9.59 Å². The molecule has 0 atom stereocenters. The SMILES string of the molecule is NC(=O)C1CC[NH+](CC(=O)Nc2ccc(Cl)c(Cl)c2)CC1. The minimum atomic E-state index is -0.241. The number of amides is 2. The molecule has 1 heterocycles. The lowest BCUT2D eigenvalue weighted by Gasteiger charge is -2.27. The van der Waals surface area contributed by atoms with Crippen molar-refractivity contribution >= 4 is 40.7 Å². The Bertz CT molecular complexity index is 543. The van der Waals surface area contributed by atoms with Crippen LogP contribution in [0.25, 0.3) is 0 Å². The van der Waals surface area contributed by atoms with Gasteiger partial charge in [-0.25, -0.2) is 0 Å². The number of carbonyl (C=O) groups is 2. The fourth-order valence-corrected chi connectivity index (χ4v) is 2.79. The van der Waals surface area contributed by atoms with Crippen LogP contribution in [0.4, 0.5) is 5.69 Å². The van der Waals surface area contributed by atoms with Crippen molar-refractivity contribution in [3.8, 4) is 0 Å². The number of hydrogen-bond donors (Lipinski definition) is 3. The second kappa shape index (κ2) is 7.11.